The maximum Gasteiger partial charge on any atom is 0.0704 e. The molecular weight excluding hydrogens is 292 g/mol. The van der Waals surface area contributed by atoms with E-state index in [1.54, 1.807) is 12.7 Å². The number of aliphatic hydroxyl groups is 2. The quantitative estimate of drug-likeness (QED) is 0.453. The molecule has 4 atom stereocenters. The molecule has 4 nitrogen and oxygen atoms in total. The Labute approximate surface area is 140 Å². The van der Waals surface area contributed by atoms with Crippen LogP contribution in [0.3, 0.4) is 0 Å². The lowest BCUT2D eigenvalue weighted by Gasteiger charge is -2.15. The van der Waals surface area contributed by atoms with Crippen molar-refractivity contribution in [1.82, 2.24) is 0 Å². The van der Waals surface area contributed by atoms with E-state index in [9.17, 15) is 5.11 Å². The Hall–Kier alpha value is -0.680. The summed E-state index contributed by atoms with van der Waals surface area (Å²) in [6, 6.07) is 0. The molecule has 0 radical (unpaired) electrons. The van der Waals surface area contributed by atoms with Crippen LogP contribution < -0.4 is 0 Å². The number of unbranched alkanes of at least 4 members (excludes halogenated alkanes) is 2. The summed E-state index contributed by atoms with van der Waals surface area (Å²) in [5, 5.41) is 19.1. The first-order chi connectivity index (χ1) is 11.3. The summed E-state index contributed by atoms with van der Waals surface area (Å²) in [5.41, 5.74) is 1.56. The van der Waals surface area contributed by atoms with Gasteiger partial charge in [0.25, 0.3) is 0 Å². The largest absolute Gasteiger partial charge is 0.396 e. The van der Waals surface area contributed by atoms with Gasteiger partial charge in [0.15, 0.2) is 0 Å². The van der Waals surface area contributed by atoms with E-state index < -0.39 is 0 Å². The second-order valence-corrected chi connectivity index (χ2v) is 6.78. The maximum atomic E-state index is 10.3. The zero-order valence-corrected chi connectivity index (χ0v) is 14.3. The van der Waals surface area contributed by atoms with Gasteiger partial charge in [-0.3, -0.25) is 0 Å². The SMILES string of the molecule is COCCOC/C=C/[C@@H]1C2C=C(CCCCCO)CC2C[C@H]1O. The zero-order chi connectivity index (χ0) is 16.5. The van der Waals surface area contributed by atoms with Crippen LogP contribution in [0.25, 0.3) is 0 Å². The number of hydrogen-bond donors (Lipinski definition) is 2. The van der Waals surface area contributed by atoms with Crippen LogP contribution in [-0.4, -0.2) is 49.9 Å². The monoisotopic (exact) mass is 324 g/mol. The van der Waals surface area contributed by atoms with E-state index in [1.807, 2.05) is 6.08 Å². The van der Waals surface area contributed by atoms with Crippen molar-refractivity contribution in [2.24, 2.45) is 17.8 Å². The smallest absolute Gasteiger partial charge is 0.0704 e. The van der Waals surface area contributed by atoms with E-state index >= 15 is 0 Å². The summed E-state index contributed by atoms with van der Waals surface area (Å²) in [4.78, 5) is 0. The molecule has 0 amide bonds. The number of methoxy groups -OCH3 is 1. The van der Waals surface area contributed by atoms with Crippen LogP contribution in [0.2, 0.25) is 0 Å². The van der Waals surface area contributed by atoms with Gasteiger partial charge in [0.2, 0.25) is 0 Å². The lowest BCUT2D eigenvalue weighted by molar-refractivity contribution is 0.0848. The van der Waals surface area contributed by atoms with Gasteiger partial charge in [0, 0.05) is 19.6 Å². The fourth-order valence-electron chi connectivity index (χ4n) is 3.93. The lowest BCUT2D eigenvalue weighted by atomic mass is 9.92. The molecule has 2 rings (SSSR count). The highest BCUT2D eigenvalue weighted by Crippen LogP contribution is 2.48. The van der Waals surface area contributed by atoms with Gasteiger partial charge in [0.05, 0.1) is 25.9 Å². The summed E-state index contributed by atoms with van der Waals surface area (Å²) in [6.07, 6.45) is 12.8. The van der Waals surface area contributed by atoms with Crippen LogP contribution in [0.1, 0.15) is 38.5 Å². The zero-order valence-electron chi connectivity index (χ0n) is 14.3. The third-order valence-corrected chi connectivity index (χ3v) is 5.09. The predicted octanol–water partition coefficient (Wildman–Crippen LogP) is 2.70. The molecule has 0 saturated heterocycles. The molecule has 0 spiro atoms. The molecule has 0 bridgehead atoms. The molecular formula is C19H32O4. The lowest BCUT2D eigenvalue weighted by Crippen LogP contribution is -2.16. The van der Waals surface area contributed by atoms with E-state index in [4.69, 9.17) is 14.6 Å². The Morgan fingerprint density at radius 2 is 2.13 bits per heavy atom. The van der Waals surface area contributed by atoms with Crippen LogP contribution in [0.4, 0.5) is 0 Å². The number of aliphatic hydroxyl groups excluding tert-OH is 2. The van der Waals surface area contributed by atoms with Gasteiger partial charge in [-0.1, -0.05) is 30.2 Å². The van der Waals surface area contributed by atoms with Crippen molar-refractivity contribution in [2.75, 3.05) is 33.5 Å². The summed E-state index contributed by atoms with van der Waals surface area (Å²) >= 11 is 0. The summed E-state index contributed by atoms with van der Waals surface area (Å²) in [6.45, 7) is 2.11. The minimum Gasteiger partial charge on any atom is -0.396 e. The van der Waals surface area contributed by atoms with Gasteiger partial charge >= 0.3 is 0 Å². The molecule has 2 N–H and O–H groups in total. The highest BCUT2D eigenvalue weighted by atomic mass is 16.5. The van der Waals surface area contributed by atoms with Gasteiger partial charge < -0.3 is 19.7 Å². The molecule has 4 heteroatoms. The minimum atomic E-state index is -0.215. The molecule has 1 saturated carbocycles. The Balaban J connectivity index is 1.76. The second-order valence-electron chi connectivity index (χ2n) is 6.78. The van der Waals surface area contributed by atoms with Crippen molar-refractivity contribution < 1.29 is 19.7 Å². The maximum absolute atomic E-state index is 10.3. The first kappa shape index (κ1) is 18.7. The van der Waals surface area contributed by atoms with E-state index in [1.165, 1.54) is 6.42 Å². The van der Waals surface area contributed by atoms with Crippen molar-refractivity contribution in [3.05, 3.63) is 23.8 Å². The van der Waals surface area contributed by atoms with Gasteiger partial charge in [-0.15, -0.1) is 0 Å². The molecule has 0 aromatic heterocycles. The van der Waals surface area contributed by atoms with Crippen molar-refractivity contribution in [3.63, 3.8) is 0 Å². The number of hydrogen-bond acceptors (Lipinski definition) is 4. The molecule has 0 aromatic carbocycles. The topological polar surface area (TPSA) is 58.9 Å². The second kappa shape index (κ2) is 10.2. The van der Waals surface area contributed by atoms with Gasteiger partial charge in [0.1, 0.15) is 0 Å². The van der Waals surface area contributed by atoms with E-state index in [0.717, 1.165) is 32.1 Å². The fraction of sp³-hybridized carbons (Fsp3) is 0.789. The Morgan fingerprint density at radius 1 is 1.26 bits per heavy atom. The molecule has 132 valence electrons. The van der Waals surface area contributed by atoms with Gasteiger partial charge in [-0.25, -0.2) is 0 Å². The first-order valence-electron chi connectivity index (χ1n) is 8.98. The molecule has 23 heavy (non-hydrogen) atoms. The molecule has 2 unspecified atom stereocenters. The molecule has 0 heterocycles. The van der Waals surface area contributed by atoms with Crippen LogP contribution in [-0.2, 0) is 9.47 Å². The molecule has 2 aliphatic carbocycles. The first-order valence-corrected chi connectivity index (χ1v) is 8.98. The van der Waals surface area contributed by atoms with Crippen molar-refractivity contribution in [1.29, 1.82) is 0 Å². The number of rotatable bonds is 11. The van der Waals surface area contributed by atoms with Gasteiger partial charge in [-0.2, -0.15) is 0 Å². The molecule has 0 aliphatic heterocycles. The Bertz CT molecular complexity index is 391. The molecule has 2 aliphatic rings. The van der Waals surface area contributed by atoms with E-state index in [-0.39, 0.29) is 12.0 Å². The Kier molecular flexibility index (Phi) is 8.31. The average Bonchev–Trinajstić information content (AvgIpc) is 3.05. The molecule has 1 fully saturated rings. The number of fused-ring (bicyclic) bond motifs is 1. The summed E-state index contributed by atoms with van der Waals surface area (Å²) in [5.74, 6) is 1.34. The van der Waals surface area contributed by atoms with Crippen molar-refractivity contribution in [2.45, 2.75) is 44.6 Å². The minimum absolute atomic E-state index is 0.215. The standard InChI is InChI=1S/C19H32O4/c1-22-10-11-23-9-5-7-17-18-13-15(6-3-2-4-8-20)12-16(18)14-19(17)21/h5,7,13,16-21H,2-4,6,8-12,14H2,1H3/b7-5+/t16?,17-,18?,19-/m1/s1. The predicted molar refractivity (Wildman–Crippen MR) is 91.2 cm³/mol. The fourth-order valence-corrected chi connectivity index (χ4v) is 3.93. The number of ether oxygens (including phenoxy) is 2. The normalized spacial score (nSPS) is 30.1. The summed E-state index contributed by atoms with van der Waals surface area (Å²) in [7, 11) is 1.67. The third kappa shape index (κ3) is 5.71. The van der Waals surface area contributed by atoms with Crippen LogP contribution in [0.5, 0.6) is 0 Å². The van der Waals surface area contributed by atoms with Crippen LogP contribution >= 0.6 is 0 Å². The van der Waals surface area contributed by atoms with E-state index in [2.05, 4.69) is 12.2 Å². The van der Waals surface area contributed by atoms with Crippen molar-refractivity contribution >= 4 is 0 Å². The van der Waals surface area contributed by atoms with Crippen LogP contribution in [0, 0.1) is 17.8 Å². The van der Waals surface area contributed by atoms with Crippen LogP contribution in [0.15, 0.2) is 23.8 Å². The molecule has 0 aromatic rings. The summed E-state index contributed by atoms with van der Waals surface area (Å²) < 4.78 is 10.4. The average molecular weight is 324 g/mol. The van der Waals surface area contributed by atoms with Gasteiger partial charge in [-0.05, 0) is 43.9 Å². The third-order valence-electron chi connectivity index (χ3n) is 5.09. The van der Waals surface area contributed by atoms with E-state index in [0.29, 0.717) is 38.3 Å². The Morgan fingerprint density at radius 3 is 2.91 bits per heavy atom. The highest BCUT2D eigenvalue weighted by molar-refractivity contribution is 5.21. The highest BCUT2D eigenvalue weighted by Gasteiger charge is 2.42. The number of allylic oxidation sites excluding steroid dienone is 2. The van der Waals surface area contributed by atoms with Crippen molar-refractivity contribution in [3.8, 4) is 0 Å².